The van der Waals surface area contributed by atoms with Crippen LogP contribution in [0.5, 0.6) is 0 Å². The Bertz CT molecular complexity index is 1070. The van der Waals surface area contributed by atoms with Crippen molar-refractivity contribution >= 4 is 56.1 Å². The van der Waals surface area contributed by atoms with Crippen molar-refractivity contribution in [1.82, 2.24) is 14.6 Å². The van der Waals surface area contributed by atoms with Gasteiger partial charge in [-0.3, -0.25) is 4.90 Å². The fourth-order valence-electron chi connectivity index (χ4n) is 3.99. The van der Waals surface area contributed by atoms with Crippen LogP contribution in [-0.4, -0.2) is 38.7 Å². The van der Waals surface area contributed by atoms with Crippen LogP contribution < -0.4 is 5.32 Å². The molecule has 2 aliphatic rings. The first-order chi connectivity index (χ1) is 13.2. The number of aliphatic imine (C=N–C) groups is 1. The molecule has 0 bridgehead atoms. The first-order valence-electron chi connectivity index (χ1n) is 9.12. The molecule has 0 amide bonds. The van der Waals surface area contributed by atoms with Gasteiger partial charge in [0.15, 0.2) is 0 Å². The van der Waals surface area contributed by atoms with E-state index in [0.29, 0.717) is 0 Å². The molecule has 0 aliphatic carbocycles. The molecule has 1 N–H and O–H groups in total. The van der Waals surface area contributed by atoms with E-state index in [-0.39, 0.29) is 24.5 Å². The zero-order chi connectivity index (χ0) is 18.4. The summed E-state index contributed by atoms with van der Waals surface area (Å²) in [6.07, 6.45) is 0. The van der Waals surface area contributed by atoms with Gasteiger partial charge in [0.2, 0.25) is 0 Å². The molecule has 28 heavy (non-hydrogen) atoms. The van der Waals surface area contributed by atoms with Gasteiger partial charge in [0.05, 0.1) is 43.4 Å². The van der Waals surface area contributed by atoms with E-state index in [1.807, 2.05) is 6.07 Å². The molecular formula is C20H21ClN4OS2. The Balaban J connectivity index is 0.00000192. The van der Waals surface area contributed by atoms with Crippen LogP contribution >= 0.6 is 23.9 Å². The quantitative estimate of drug-likeness (QED) is 0.673. The molecule has 2 aromatic carbocycles. The normalized spacial score (nSPS) is 22.8. The minimum atomic E-state index is -1.12. The van der Waals surface area contributed by atoms with Crippen LogP contribution in [0.4, 0.5) is 5.69 Å². The third-order valence-corrected chi connectivity index (χ3v) is 7.37. The SMILES string of the molecule is CC(c1ccc2c(c1)S(=O)C=N2)N1CCNCC1c1nsc2ccccc12.Cl. The molecule has 5 nitrogen and oxygen atoms in total. The van der Waals surface area contributed by atoms with Gasteiger partial charge in [0, 0.05) is 31.1 Å². The fourth-order valence-corrected chi connectivity index (χ4v) is 5.72. The van der Waals surface area contributed by atoms with Crippen molar-refractivity contribution in [1.29, 1.82) is 0 Å². The highest BCUT2D eigenvalue weighted by Crippen LogP contribution is 2.37. The minimum Gasteiger partial charge on any atom is -0.313 e. The summed E-state index contributed by atoms with van der Waals surface area (Å²) < 4.78 is 18.2. The Hall–Kier alpha value is -1.64. The van der Waals surface area contributed by atoms with E-state index in [0.717, 1.165) is 35.9 Å². The Labute approximate surface area is 176 Å². The van der Waals surface area contributed by atoms with Crippen molar-refractivity contribution in [3.63, 3.8) is 0 Å². The summed E-state index contributed by atoms with van der Waals surface area (Å²) in [6.45, 7) is 5.03. The maximum Gasteiger partial charge on any atom is 0.0984 e. The zero-order valence-corrected chi connectivity index (χ0v) is 17.8. The summed E-state index contributed by atoms with van der Waals surface area (Å²) in [5.74, 6) is 0. The zero-order valence-electron chi connectivity index (χ0n) is 15.4. The molecule has 8 heteroatoms. The highest BCUT2D eigenvalue weighted by molar-refractivity contribution is 7.99. The maximum absolute atomic E-state index is 12.1. The first-order valence-corrected chi connectivity index (χ1v) is 11.1. The van der Waals surface area contributed by atoms with E-state index >= 15 is 0 Å². The summed E-state index contributed by atoms with van der Waals surface area (Å²) in [5, 5.41) is 4.77. The predicted molar refractivity (Wildman–Crippen MR) is 119 cm³/mol. The standard InChI is InChI=1S/C20H20N4OS2.ClH/c1-13(14-6-7-16-19(10-14)27(25)12-22-16)24-9-8-21-11-17(24)20-15-4-2-3-5-18(15)26-23-20;/h2-7,10,12-13,17,21H,8-9,11H2,1H3;1H. The molecule has 3 atom stereocenters. The molecule has 3 aromatic rings. The number of aromatic nitrogens is 1. The summed E-state index contributed by atoms with van der Waals surface area (Å²) >= 11 is 1.57. The Morgan fingerprint density at radius 2 is 2.14 bits per heavy atom. The maximum atomic E-state index is 12.1. The van der Waals surface area contributed by atoms with Crippen LogP contribution in [0.2, 0.25) is 0 Å². The molecule has 1 aromatic heterocycles. The average Bonchev–Trinajstić information content (AvgIpc) is 3.31. The van der Waals surface area contributed by atoms with Crippen LogP contribution in [-0.2, 0) is 10.8 Å². The van der Waals surface area contributed by atoms with Crippen molar-refractivity contribution in [2.45, 2.75) is 23.9 Å². The number of benzene rings is 2. The van der Waals surface area contributed by atoms with E-state index in [1.165, 1.54) is 21.2 Å². The van der Waals surface area contributed by atoms with Crippen molar-refractivity contribution in [3.05, 3.63) is 53.7 Å². The van der Waals surface area contributed by atoms with Crippen molar-refractivity contribution in [3.8, 4) is 0 Å². The van der Waals surface area contributed by atoms with E-state index < -0.39 is 10.8 Å². The second kappa shape index (κ2) is 8.00. The van der Waals surface area contributed by atoms with Gasteiger partial charge in [-0.05, 0) is 42.2 Å². The molecule has 0 radical (unpaired) electrons. The number of nitrogens with zero attached hydrogens (tertiary/aromatic N) is 3. The highest BCUT2D eigenvalue weighted by atomic mass is 35.5. The van der Waals surface area contributed by atoms with Gasteiger partial charge in [-0.15, -0.1) is 12.4 Å². The average molecular weight is 433 g/mol. The number of fused-ring (bicyclic) bond motifs is 2. The highest BCUT2D eigenvalue weighted by Gasteiger charge is 2.31. The summed E-state index contributed by atoms with van der Waals surface area (Å²) in [5.41, 5.74) is 4.68. The molecule has 3 heterocycles. The molecule has 2 aliphatic heterocycles. The van der Waals surface area contributed by atoms with Crippen LogP contribution in [0.3, 0.4) is 0 Å². The Kier molecular flexibility index (Phi) is 5.62. The van der Waals surface area contributed by atoms with Crippen molar-refractivity contribution in [2.75, 3.05) is 19.6 Å². The first kappa shape index (κ1) is 19.7. The molecule has 3 unspecified atom stereocenters. The topological polar surface area (TPSA) is 57.6 Å². The Morgan fingerprint density at radius 1 is 1.29 bits per heavy atom. The molecule has 146 valence electrons. The summed E-state index contributed by atoms with van der Waals surface area (Å²) in [4.78, 5) is 7.56. The summed E-state index contributed by atoms with van der Waals surface area (Å²) in [6, 6.07) is 15.0. The van der Waals surface area contributed by atoms with Crippen LogP contribution in [0.25, 0.3) is 10.1 Å². The lowest BCUT2D eigenvalue weighted by molar-refractivity contribution is 0.113. The predicted octanol–water partition coefficient (Wildman–Crippen LogP) is 4.21. The molecule has 1 fully saturated rings. The minimum absolute atomic E-state index is 0. The molecule has 0 saturated carbocycles. The van der Waals surface area contributed by atoms with Crippen molar-refractivity contribution in [2.24, 2.45) is 4.99 Å². The lowest BCUT2D eigenvalue weighted by Gasteiger charge is -2.40. The van der Waals surface area contributed by atoms with Gasteiger partial charge >= 0.3 is 0 Å². The van der Waals surface area contributed by atoms with E-state index in [9.17, 15) is 4.21 Å². The lowest BCUT2D eigenvalue weighted by atomic mass is 9.99. The number of hydrogen-bond donors (Lipinski definition) is 1. The van der Waals surface area contributed by atoms with Crippen LogP contribution in [0.1, 0.15) is 30.3 Å². The summed E-state index contributed by atoms with van der Waals surface area (Å²) in [7, 11) is -1.12. The smallest absolute Gasteiger partial charge is 0.0984 e. The van der Waals surface area contributed by atoms with Gasteiger partial charge in [0.25, 0.3) is 0 Å². The fraction of sp³-hybridized carbons (Fsp3) is 0.300. The number of halogens is 1. The van der Waals surface area contributed by atoms with Gasteiger partial charge in [0.1, 0.15) is 0 Å². The van der Waals surface area contributed by atoms with E-state index in [1.54, 1.807) is 11.5 Å². The third kappa shape index (κ3) is 3.31. The van der Waals surface area contributed by atoms with E-state index in [2.05, 4.69) is 58.5 Å². The van der Waals surface area contributed by atoms with E-state index in [4.69, 9.17) is 4.37 Å². The molecule has 5 rings (SSSR count). The molecule has 1 saturated heterocycles. The number of nitrogens with one attached hydrogen (secondary N) is 1. The van der Waals surface area contributed by atoms with Gasteiger partial charge < -0.3 is 5.32 Å². The number of rotatable bonds is 3. The van der Waals surface area contributed by atoms with Crippen LogP contribution in [0, 0.1) is 0 Å². The lowest BCUT2D eigenvalue weighted by Crippen LogP contribution is -2.47. The number of piperazine rings is 1. The van der Waals surface area contributed by atoms with Gasteiger partial charge in [-0.2, -0.15) is 4.37 Å². The Morgan fingerprint density at radius 3 is 3.04 bits per heavy atom. The van der Waals surface area contributed by atoms with Gasteiger partial charge in [-0.25, -0.2) is 9.20 Å². The number of hydrogen-bond acceptors (Lipinski definition) is 6. The largest absolute Gasteiger partial charge is 0.313 e. The molecular weight excluding hydrogens is 412 g/mol. The van der Waals surface area contributed by atoms with Gasteiger partial charge in [-0.1, -0.05) is 24.3 Å². The van der Waals surface area contributed by atoms with Crippen LogP contribution in [0.15, 0.2) is 52.4 Å². The van der Waals surface area contributed by atoms with Crippen molar-refractivity contribution < 1.29 is 4.21 Å². The molecule has 0 spiro atoms. The second-order valence-corrected chi connectivity index (χ2v) is 9.01. The third-order valence-electron chi connectivity index (χ3n) is 5.47. The monoisotopic (exact) mass is 432 g/mol. The second-order valence-electron chi connectivity index (χ2n) is 6.96.